The van der Waals surface area contributed by atoms with Crippen molar-refractivity contribution in [3.63, 3.8) is 0 Å². The molecule has 1 aliphatic heterocycles. The van der Waals surface area contributed by atoms with Gasteiger partial charge < -0.3 is 31.0 Å². The van der Waals surface area contributed by atoms with Crippen molar-refractivity contribution in [2.45, 2.75) is 53.9 Å². The number of unbranched alkanes of at least 4 members (excludes halogenated alkanes) is 1. The minimum atomic E-state index is -0.131. The molecule has 1 aliphatic rings. The van der Waals surface area contributed by atoms with E-state index in [-0.39, 0.29) is 5.91 Å². The summed E-state index contributed by atoms with van der Waals surface area (Å²) in [5.41, 5.74) is 12.7. The number of morpholine rings is 1. The number of hydrogen-bond acceptors (Lipinski definition) is 6. The molecule has 7 nitrogen and oxygen atoms in total. The fourth-order valence-corrected chi connectivity index (χ4v) is 4.19. The predicted molar refractivity (Wildman–Crippen MR) is 160 cm³/mol. The SMILES string of the molecule is C\C=C(/C=C\C(=C(/C)CC)N1CCOCC1)N/C(=C\CCC)C(=O)N(C)c1cc(/C(C=N)=C/N)ccc1C. The Morgan fingerprint density at radius 2 is 1.95 bits per heavy atom. The number of amides is 1. The minimum Gasteiger partial charge on any atom is -0.404 e. The van der Waals surface area contributed by atoms with Gasteiger partial charge in [0.15, 0.2) is 0 Å². The summed E-state index contributed by atoms with van der Waals surface area (Å²) in [5, 5.41) is 11.0. The number of allylic oxidation sites excluding steroid dienone is 6. The largest absolute Gasteiger partial charge is 0.404 e. The molecule has 0 aliphatic carbocycles. The molecule has 38 heavy (non-hydrogen) atoms. The molecule has 1 aromatic rings. The summed E-state index contributed by atoms with van der Waals surface area (Å²) >= 11 is 0. The second-order valence-corrected chi connectivity index (χ2v) is 9.36. The van der Waals surface area contributed by atoms with E-state index in [1.54, 1.807) is 11.9 Å². The van der Waals surface area contributed by atoms with E-state index < -0.39 is 0 Å². The van der Waals surface area contributed by atoms with Crippen LogP contribution in [0, 0.1) is 12.3 Å². The zero-order valence-electron chi connectivity index (χ0n) is 23.9. The summed E-state index contributed by atoms with van der Waals surface area (Å²) in [7, 11) is 1.78. The lowest BCUT2D eigenvalue weighted by Gasteiger charge is -2.31. The second kappa shape index (κ2) is 15.6. The van der Waals surface area contributed by atoms with E-state index in [0.29, 0.717) is 11.3 Å². The van der Waals surface area contributed by atoms with E-state index in [1.807, 2.05) is 50.3 Å². The molecule has 2 rings (SSSR count). The van der Waals surface area contributed by atoms with Crippen molar-refractivity contribution in [2.24, 2.45) is 5.73 Å². The first-order valence-corrected chi connectivity index (χ1v) is 13.5. The number of nitrogens with two attached hydrogens (primary N) is 1. The quantitative estimate of drug-likeness (QED) is 0.188. The highest BCUT2D eigenvalue weighted by atomic mass is 16.5. The fourth-order valence-electron chi connectivity index (χ4n) is 4.19. The van der Waals surface area contributed by atoms with Crippen LogP contribution < -0.4 is 16.0 Å². The molecule has 0 saturated carbocycles. The van der Waals surface area contributed by atoms with Crippen LogP contribution in [0.25, 0.3) is 5.57 Å². The molecule has 206 valence electrons. The first kappa shape index (κ1) is 30.6. The number of hydrogen-bond donors (Lipinski definition) is 3. The normalized spacial score (nSPS) is 15.9. The van der Waals surface area contributed by atoms with Crippen LogP contribution in [-0.4, -0.2) is 50.4 Å². The van der Waals surface area contributed by atoms with E-state index in [9.17, 15) is 4.79 Å². The van der Waals surface area contributed by atoms with Crippen LogP contribution >= 0.6 is 0 Å². The van der Waals surface area contributed by atoms with Crippen molar-refractivity contribution in [2.75, 3.05) is 38.3 Å². The number of ether oxygens (including phenoxy) is 1. The first-order valence-electron chi connectivity index (χ1n) is 13.5. The number of anilines is 1. The van der Waals surface area contributed by atoms with Crippen LogP contribution in [0.4, 0.5) is 5.69 Å². The number of carbonyl (C=O) groups excluding carboxylic acids is 1. The van der Waals surface area contributed by atoms with Gasteiger partial charge in [-0.15, -0.1) is 0 Å². The fraction of sp³-hybridized carbons (Fsp3) is 0.419. The summed E-state index contributed by atoms with van der Waals surface area (Å²) < 4.78 is 5.54. The summed E-state index contributed by atoms with van der Waals surface area (Å²) in [6, 6.07) is 5.76. The zero-order chi connectivity index (χ0) is 28.1. The van der Waals surface area contributed by atoms with Crippen molar-refractivity contribution in [3.8, 4) is 0 Å². The molecular formula is C31H45N5O2. The van der Waals surface area contributed by atoms with Gasteiger partial charge in [-0.05, 0) is 63.0 Å². The van der Waals surface area contributed by atoms with Crippen molar-refractivity contribution in [1.82, 2.24) is 10.2 Å². The molecule has 0 aromatic heterocycles. The van der Waals surface area contributed by atoms with Crippen molar-refractivity contribution in [1.29, 1.82) is 5.41 Å². The highest BCUT2D eigenvalue weighted by molar-refractivity contribution is 6.09. The van der Waals surface area contributed by atoms with Gasteiger partial charge in [-0.2, -0.15) is 0 Å². The van der Waals surface area contributed by atoms with Gasteiger partial charge in [0, 0.05) is 55.2 Å². The van der Waals surface area contributed by atoms with E-state index in [4.69, 9.17) is 15.9 Å². The van der Waals surface area contributed by atoms with Crippen LogP contribution in [0.3, 0.4) is 0 Å². The van der Waals surface area contributed by atoms with Gasteiger partial charge in [0.05, 0.1) is 13.2 Å². The molecule has 0 unspecified atom stereocenters. The monoisotopic (exact) mass is 519 g/mol. The molecule has 0 atom stereocenters. The summed E-state index contributed by atoms with van der Waals surface area (Å²) in [6.07, 6.45) is 13.4. The predicted octanol–water partition coefficient (Wildman–Crippen LogP) is 5.66. The van der Waals surface area contributed by atoms with Gasteiger partial charge in [0.2, 0.25) is 0 Å². The molecule has 4 N–H and O–H groups in total. The Morgan fingerprint density at radius 1 is 1.24 bits per heavy atom. The molecule has 1 heterocycles. The molecule has 0 bridgehead atoms. The molecule has 0 spiro atoms. The average molecular weight is 520 g/mol. The molecule has 1 amide bonds. The van der Waals surface area contributed by atoms with Crippen molar-refractivity contribution >= 4 is 23.4 Å². The van der Waals surface area contributed by atoms with Crippen LogP contribution in [-0.2, 0) is 9.53 Å². The highest BCUT2D eigenvalue weighted by Gasteiger charge is 2.19. The molecule has 7 heteroatoms. The zero-order valence-corrected chi connectivity index (χ0v) is 23.9. The van der Waals surface area contributed by atoms with Gasteiger partial charge >= 0.3 is 0 Å². The highest BCUT2D eigenvalue weighted by Crippen LogP contribution is 2.25. The number of nitrogens with zero attached hydrogens (tertiary/aromatic N) is 2. The first-order chi connectivity index (χ1) is 18.3. The average Bonchev–Trinajstić information content (AvgIpc) is 2.95. The molecular weight excluding hydrogens is 474 g/mol. The van der Waals surface area contributed by atoms with Gasteiger partial charge in [0.1, 0.15) is 5.70 Å². The maximum Gasteiger partial charge on any atom is 0.274 e. The second-order valence-electron chi connectivity index (χ2n) is 9.36. The number of aryl methyl sites for hydroxylation is 1. The molecule has 1 aromatic carbocycles. The smallest absolute Gasteiger partial charge is 0.274 e. The van der Waals surface area contributed by atoms with Crippen LogP contribution in [0.5, 0.6) is 0 Å². The molecule has 0 radical (unpaired) electrons. The van der Waals surface area contributed by atoms with E-state index >= 15 is 0 Å². The number of benzene rings is 1. The maximum absolute atomic E-state index is 13.7. The topological polar surface area (TPSA) is 94.7 Å². The maximum atomic E-state index is 13.7. The van der Waals surface area contributed by atoms with Gasteiger partial charge in [-0.1, -0.05) is 50.1 Å². The van der Waals surface area contributed by atoms with Crippen molar-refractivity contribution in [3.05, 3.63) is 82.5 Å². The van der Waals surface area contributed by atoms with E-state index in [0.717, 1.165) is 68.1 Å². The van der Waals surface area contributed by atoms with E-state index in [1.165, 1.54) is 23.7 Å². The lowest BCUT2D eigenvalue weighted by molar-refractivity contribution is -0.115. The Morgan fingerprint density at radius 3 is 2.53 bits per heavy atom. The Labute approximate surface area is 228 Å². The lowest BCUT2D eigenvalue weighted by atomic mass is 10.0. The van der Waals surface area contributed by atoms with E-state index in [2.05, 4.69) is 37.1 Å². The van der Waals surface area contributed by atoms with Gasteiger partial charge in [-0.25, -0.2) is 0 Å². The number of likely N-dealkylation sites (N-methyl/N-ethyl adjacent to an activating group) is 1. The van der Waals surface area contributed by atoms with Gasteiger partial charge in [0.25, 0.3) is 5.91 Å². The Hall–Kier alpha value is -3.58. The number of nitrogens with one attached hydrogen (secondary N) is 2. The Kier molecular flexibility index (Phi) is 12.6. The third-order valence-electron chi connectivity index (χ3n) is 6.74. The molecule has 1 saturated heterocycles. The molecule has 1 fully saturated rings. The van der Waals surface area contributed by atoms with Gasteiger partial charge in [-0.3, -0.25) is 4.79 Å². The summed E-state index contributed by atoms with van der Waals surface area (Å²) in [6.45, 7) is 13.6. The third-order valence-corrected chi connectivity index (χ3v) is 6.74. The number of carbonyl (C=O) groups is 1. The standard InChI is InChI=1S/C31H45N5O2/c1-7-10-11-28(31(37)35(6)30-20-25(13-12-24(30)5)26(21-32)22-33)34-27(9-3)14-15-29(23(4)8-2)36-16-18-38-19-17-36/h9,11-15,20-22,32,34H,7-8,10,16-19,33H2,1-6H3/b15-14-,26-22+,27-9+,28-11-,29-23-,32-21?. The van der Waals surface area contributed by atoms with Crippen LogP contribution in [0.15, 0.2) is 71.4 Å². The Bertz CT molecular complexity index is 1120. The Balaban J connectivity index is 2.34. The van der Waals surface area contributed by atoms with Crippen molar-refractivity contribution < 1.29 is 9.53 Å². The summed E-state index contributed by atoms with van der Waals surface area (Å²) in [4.78, 5) is 17.8. The van der Waals surface area contributed by atoms with Crippen LogP contribution in [0.2, 0.25) is 0 Å². The minimum absolute atomic E-state index is 0.131. The summed E-state index contributed by atoms with van der Waals surface area (Å²) in [5.74, 6) is -0.131. The number of rotatable bonds is 12. The third kappa shape index (κ3) is 8.21. The lowest BCUT2D eigenvalue weighted by Crippen LogP contribution is -2.35. The van der Waals surface area contributed by atoms with Crippen LogP contribution in [0.1, 0.15) is 58.1 Å².